The van der Waals surface area contributed by atoms with Crippen LogP contribution in [0.3, 0.4) is 0 Å². The van der Waals surface area contributed by atoms with Crippen molar-refractivity contribution in [3.05, 3.63) is 36.0 Å². The third-order valence-corrected chi connectivity index (χ3v) is 3.21. The van der Waals surface area contributed by atoms with Gasteiger partial charge in [0.25, 0.3) is 0 Å². The molecule has 0 aliphatic rings. The Bertz CT molecular complexity index is 664. The van der Waals surface area contributed by atoms with Gasteiger partial charge in [-0.05, 0) is 38.1 Å². The predicted molar refractivity (Wildman–Crippen MR) is 72.8 cm³/mol. The zero-order valence-corrected chi connectivity index (χ0v) is 11.0. The minimum absolute atomic E-state index is 0.206. The van der Waals surface area contributed by atoms with Crippen LogP contribution in [-0.2, 0) is 11.3 Å². The Balaban J connectivity index is 2.37. The molecule has 19 heavy (non-hydrogen) atoms. The molecule has 98 valence electrons. The zero-order valence-electron chi connectivity index (χ0n) is 11.0. The number of rotatable bonds is 3. The highest BCUT2D eigenvalue weighted by Gasteiger charge is 2.27. The summed E-state index contributed by atoms with van der Waals surface area (Å²) in [5, 5.41) is 9.86. The second-order valence-corrected chi connectivity index (χ2v) is 5.19. The van der Waals surface area contributed by atoms with Gasteiger partial charge < -0.3 is 4.57 Å². The quantitative estimate of drug-likeness (QED) is 0.496. The Labute approximate surface area is 111 Å². The first-order valence-electron chi connectivity index (χ1n) is 5.98. The monoisotopic (exact) mass is 256 g/mol. The molecule has 5 heteroatoms. The van der Waals surface area contributed by atoms with E-state index in [4.69, 9.17) is 11.1 Å². The van der Waals surface area contributed by atoms with E-state index in [9.17, 15) is 4.79 Å². The van der Waals surface area contributed by atoms with Crippen LogP contribution in [0.1, 0.15) is 19.4 Å². The molecule has 0 spiro atoms. The van der Waals surface area contributed by atoms with Gasteiger partial charge in [0.1, 0.15) is 0 Å². The average Bonchev–Trinajstić information content (AvgIpc) is 2.79. The Morgan fingerprint density at radius 2 is 2.21 bits per heavy atom. The normalized spacial score (nSPS) is 11.3. The van der Waals surface area contributed by atoms with Crippen molar-refractivity contribution in [1.82, 2.24) is 9.99 Å². The number of fused-ring (bicyclic) bond motifs is 1. The molecular weight excluding hydrogens is 240 g/mol. The molecule has 0 aliphatic carbocycles. The molecule has 0 aliphatic heterocycles. The first-order valence-corrected chi connectivity index (χ1v) is 5.98. The van der Waals surface area contributed by atoms with Crippen LogP contribution in [-0.4, -0.2) is 10.5 Å². The number of hydrogen-bond donors (Lipinski definition) is 2. The fourth-order valence-electron chi connectivity index (χ4n) is 2.10. The molecule has 0 fully saturated rings. The van der Waals surface area contributed by atoms with E-state index in [-0.39, 0.29) is 5.91 Å². The van der Waals surface area contributed by atoms with E-state index < -0.39 is 5.41 Å². The molecule has 5 nitrogen and oxygen atoms in total. The lowest BCUT2D eigenvalue weighted by molar-refractivity contribution is -0.130. The van der Waals surface area contributed by atoms with Gasteiger partial charge in [-0.15, -0.1) is 0 Å². The Morgan fingerprint density at radius 1 is 1.47 bits per heavy atom. The predicted octanol–water partition coefficient (Wildman–Crippen LogP) is 1.53. The number of amides is 1. The van der Waals surface area contributed by atoms with Crippen molar-refractivity contribution >= 4 is 16.8 Å². The fourth-order valence-corrected chi connectivity index (χ4v) is 2.10. The maximum absolute atomic E-state index is 11.7. The molecule has 0 saturated heterocycles. The maximum atomic E-state index is 11.7. The Kier molecular flexibility index (Phi) is 3.28. The van der Waals surface area contributed by atoms with Crippen molar-refractivity contribution in [2.24, 2.45) is 11.3 Å². The molecule has 2 aromatic rings. The third-order valence-electron chi connectivity index (χ3n) is 3.21. The summed E-state index contributed by atoms with van der Waals surface area (Å²) in [6, 6.07) is 9.55. The minimum atomic E-state index is -0.603. The highest BCUT2D eigenvalue weighted by Crippen LogP contribution is 2.23. The molecule has 0 atom stereocenters. The number of nitrogens with one attached hydrogen (secondary N) is 1. The molecule has 1 heterocycles. The number of nitrogens with zero attached hydrogens (tertiary/aromatic N) is 2. The lowest BCUT2D eigenvalue weighted by Crippen LogP contribution is -2.43. The summed E-state index contributed by atoms with van der Waals surface area (Å²) in [7, 11) is 0. The van der Waals surface area contributed by atoms with E-state index in [1.807, 2.05) is 42.8 Å². The largest absolute Gasteiger partial charge is 0.346 e. The Morgan fingerprint density at radius 3 is 2.84 bits per heavy atom. The molecule has 0 saturated carbocycles. The standard InChI is InChI=1S/C14H16N4O/c1-14(2,13(19)17-16)9-18-6-5-11-7-10(8-15)3-4-12(11)18/h3-7H,9,16H2,1-2H3,(H,17,19). The van der Waals surface area contributed by atoms with Crippen LogP contribution in [0, 0.1) is 16.7 Å². The molecule has 1 aromatic carbocycles. The highest BCUT2D eigenvalue weighted by atomic mass is 16.2. The van der Waals surface area contributed by atoms with Crippen LogP contribution < -0.4 is 11.3 Å². The van der Waals surface area contributed by atoms with Crippen LogP contribution in [0.4, 0.5) is 0 Å². The number of carbonyl (C=O) groups excluding carboxylic acids is 1. The SMILES string of the molecule is CC(C)(Cn1ccc2cc(C#N)ccc21)C(=O)NN. The van der Waals surface area contributed by atoms with Gasteiger partial charge in [-0.1, -0.05) is 0 Å². The summed E-state index contributed by atoms with van der Waals surface area (Å²) in [5.41, 5.74) is 3.21. The van der Waals surface area contributed by atoms with Crippen LogP contribution in [0.25, 0.3) is 10.9 Å². The summed E-state index contributed by atoms with van der Waals surface area (Å²) < 4.78 is 1.99. The molecule has 0 unspecified atom stereocenters. The van der Waals surface area contributed by atoms with Crippen LogP contribution in [0.2, 0.25) is 0 Å². The Hall–Kier alpha value is -2.32. The maximum Gasteiger partial charge on any atom is 0.241 e. The number of hydrogen-bond acceptors (Lipinski definition) is 3. The minimum Gasteiger partial charge on any atom is -0.346 e. The topological polar surface area (TPSA) is 83.8 Å². The van der Waals surface area contributed by atoms with Crippen LogP contribution >= 0.6 is 0 Å². The van der Waals surface area contributed by atoms with Gasteiger partial charge in [-0.25, -0.2) is 5.84 Å². The van der Waals surface area contributed by atoms with Gasteiger partial charge in [0.05, 0.1) is 17.0 Å². The molecule has 0 radical (unpaired) electrons. The fraction of sp³-hybridized carbons (Fsp3) is 0.286. The van der Waals surface area contributed by atoms with E-state index in [1.54, 1.807) is 6.07 Å². The average molecular weight is 256 g/mol. The molecule has 2 rings (SSSR count). The first-order chi connectivity index (χ1) is 8.97. The van der Waals surface area contributed by atoms with Gasteiger partial charge >= 0.3 is 0 Å². The van der Waals surface area contributed by atoms with Crippen molar-refractivity contribution in [3.8, 4) is 6.07 Å². The summed E-state index contributed by atoms with van der Waals surface area (Å²) in [6.07, 6.45) is 1.91. The van der Waals surface area contributed by atoms with Crippen molar-refractivity contribution in [2.45, 2.75) is 20.4 Å². The van der Waals surface area contributed by atoms with Gasteiger partial charge in [0.15, 0.2) is 0 Å². The zero-order chi connectivity index (χ0) is 14.0. The lowest BCUT2D eigenvalue weighted by Gasteiger charge is -2.23. The molecule has 3 N–H and O–H groups in total. The van der Waals surface area contributed by atoms with Gasteiger partial charge in [-0.2, -0.15) is 5.26 Å². The molecule has 1 aromatic heterocycles. The van der Waals surface area contributed by atoms with Gasteiger partial charge in [0, 0.05) is 23.6 Å². The first kappa shape index (κ1) is 13.1. The summed E-state index contributed by atoms with van der Waals surface area (Å²) >= 11 is 0. The van der Waals surface area contributed by atoms with Crippen molar-refractivity contribution in [2.75, 3.05) is 0 Å². The summed E-state index contributed by atoms with van der Waals surface area (Å²) in [6.45, 7) is 4.20. The van der Waals surface area contributed by atoms with Gasteiger partial charge in [-0.3, -0.25) is 10.2 Å². The number of nitrogens with two attached hydrogens (primary N) is 1. The van der Waals surface area contributed by atoms with E-state index in [1.165, 1.54) is 0 Å². The lowest BCUT2D eigenvalue weighted by atomic mass is 9.92. The number of aromatic nitrogens is 1. The van der Waals surface area contributed by atoms with E-state index in [0.29, 0.717) is 12.1 Å². The molecular formula is C14H16N4O. The van der Waals surface area contributed by atoms with Crippen LogP contribution in [0.5, 0.6) is 0 Å². The highest BCUT2D eigenvalue weighted by molar-refractivity contribution is 5.83. The van der Waals surface area contributed by atoms with Crippen molar-refractivity contribution in [1.29, 1.82) is 5.26 Å². The van der Waals surface area contributed by atoms with Crippen LogP contribution in [0.15, 0.2) is 30.5 Å². The number of carbonyl (C=O) groups is 1. The number of nitriles is 1. The second-order valence-electron chi connectivity index (χ2n) is 5.19. The second kappa shape index (κ2) is 4.75. The molecule has 0 bridgehead atoms. The number of hydrazine groups is 1. The summed E-state index contributed by atoms with van der Waals surface area (Å²) in [4.78, 5) is 11.7. The van der Waals surface area contributed by atoms with E-state index in [2.05, 4.69) is 11.5 Å². The van der Waals surface area contributed by atoms with Gasteiger partial charge in [0.2, 0.25) is 5.91 Å². The summed E-state index contributed by atoms with van der Waals surface area (Å²) in [5.74, 6) is 4.99. The molecule has 1 amide bonds. The number of benzene rings is 1. The smallest absolute Gasteiger partial charge is 0.241 e. The van der Waals surface area contributed by atoms with E-state index in [0.717, 1.165) is 10.9 Å². The van der Waals surface area contributed by atoms with E-state index >= 15 is 0 Å². The third kappa shape index (κ3) is 2.44. The van der Waals surface area contributed by atoms with Crippen molar-refractivity contribution in [3.63, 3.8) is 0 Å². The van der Waals surface area contributed by atoms with Crippen molar-refractivity contribution < 1.29 is 4.79 Å².